The molecule has 0 fully saturated rings. The number of guanidine groups is 1. The van der Waals surface area contributed by atoms with E-state index >= 15 is 0 Å². The number of nitrogens with zero attached hydrogens (tertiary/aromatic N) is 5. The quantitative estimate of drug-likeness (QED) is 0.446. The van der Waals surface area contributed by atoms with Gasteiger partial charge in [-0.25, -0.2) is 4.99 Å². The SMILES string of the molecule is CCCCNC(=NCc1nnc(C)n1C)N(C)Cc1ccc(OC)cc1. The maximum Gasteiger partial charge on any atom is 0.194 e. The van der Waals surface area contributed by atoms with Crippen LogP contribution in [0.4, 0.5) is 0 Å². The Morgan fingerprint density at radius 2 is 2.00 bits per heavy atom. The standard InChI is InChI=1S/C19H30N6O/c1-6-7-12-20-19(21-13-18-23-22-15(2)25(18)4)24(3)14-16-8-10-17(26-5)11-9-16/h8-11H,6-7,12-14H2,1-5H3,(H,20,21). The van der Waals surface area contributed by atoms with E-state index in [0.29, 0.717) is 6.54 Å². The highest BCUT2D eigenvalue weighted by Crippen LogP contribution is 2.12. The van der Waals surface area contributed by atoms with Gasteiger partial charge in [-0.2, -0.15) is 0 Å². The van der Waals surface area contributed by atoms with Crippen molar-refractivity contribution in [1.82, 2.24) is 25.0 Å². The molecule has 0 aliphatic rings. The molecule has 0 atom stereocenters. The van der Waals surface area contributed by atoms with Crippen molar-refractivity contribution < 1.29 is 4.74 Å². The molecule has 0 amide bonds. The van der Waals surface area contributed by atoms with Crippen LogP contribution in [0.15, 0.2) is 29.3 Å². The van der Waals surface area contributed by atoms with Gasteiger partial charge in [0.2, 0.25) is 0 Å². The van der Waals surface area contributed by atoms with Crippen molar-refractivity contribution in [2.24, 2.45) is 12.0 Å². The summed E-state index contributed by atoms with van der Waals surface area (Å²) in [6, 6.07) is 8.11. The van der Waals surface area contributed by atoms with Crippen LogP contribution in [0.1, 0.15) is 37.0 Å². The van der Waals surface area contributed by atoms with Gasteiger partial charge < -0.3 is 19.5 Å². The molecule has 0 radical (unpaired) electrons. The molecule has 0 bridgehead atoms. The predicted octanol–water partition coefficient (Wildman–Crippen LogP) is 2.51. The molecule has 7 nitrogen and oxygen atoms in total. The lowest BCUT2D eigenvalue weighted by Crippen LogP contribution is -2.39. The van der Waals surface area contributed by atoms with Gasteiger partial charge in [0, 0.05) is 27.2 Å². The topological polar surface area (TPSA) is 67.6 Å². The minimum Gasteiger partial charge on any atom is -0.497 e. The van der Waals surface area contributed by atoms with E-state index in [2.05, 4.69) is 39.5 Å². The Kier molecular flexibility index (Phi) is 7.44. The molecule has 0 unspecified atom stereocenters. The number of rotatable bonds is 8. The van der Waals surface area contributed by atoms with Crippen LogP contribution in [-0.4, -0.2) is 46.3 Å². The smallest absolute Gasteiger partial charge is 0.194 e. The van der Waals surface area contributed by atoms with E-state index in [1.807, 2.05) is 37.7 Å². The summed E-state index contributed by atoms with van der Waals surface area (Å²) in [4.78, 5) is 6.88. The third kappa shape index (κ3) is 5.47. The normalized spacial score (nSPS) is 11.5. The Balaban J connectivity index is 2.08. The fourth-order valence-electron chi connectivity index (χ4n) is 2.50. The maximum absolute atomic E-state index is 5.22. The highest BCUT2D eigenvalue weighted by atomic mass is 16.5. The van der Waals surface area contributed by atoms with Gasteiger partial charge in [0.15, 0.2) is 11.8 Å². The molecule has 1 aromatic carbocycles. The van der Waals surface area contributed by atoms with Crippen LogP contribution in [0.2, 0.25) is 0 Å². The summed E-state index contributed by atoms with van der Waals surface area (Å²) < 4.78 is 7.19. The van der Waals surface area contributed by atoms with E-state index < -0.39 is 0 Å². The number of nitrogens with one attached hydrogen (secondary N) is 1. The number of methoxy groups -OCH3 is 1. The number of aromatic nitrogens is 3. The number of benzene rings is 1. The molecule has 1 aromatic heterocycles. The fraction of sp³-hybridized carbons (Fsp3) is 0.526. The summed E-state index contributed by atoms with van der Waals surface area (Å²) in [7, 11) is 5.69. The summed E-state index contributed by atoms with van der Waals surface area (Å²) >= 11 is 0. The van der Waals surface area contributed by atoms with Crippen LogP contribution in [-0.2, 0) is 20.1 Å². The van der Waals surface area contributed by atoms with Gasteiger partial charge in [0.25, 0.3) is 0 Å². The number of hydrogen-bond acceptors (Lipinski definition) is 4. The molecule has 0 aliphatic carbocycles. The van der Waals surface area contributed by atoms with E-state index in [4.69, 9.17) is 9.73 Å². The lowest BCUT2D eigenvalue weighted by molar-refractivity contribution is 0.414. The molecule has 0 aliphatic heterocycles. The van der Waals surface area contributed by atoms with Gasteiger partial charge in [-0.1, -0.05) is 25.5 Å². The van der Waals surface area contributed by atoms with Crippen molar-refractivity contribution in [3.8, 4) is 5.75 Å². The van der Waals surface area contributed by atoms with E-state index in [0.717, 1.165) is 49.3 Å². The highest BCUT2D eigenvalue weighted by molar-refractivity contribution is 5.79. The average molecular weight is 358 g/mol. The van der Waals surface area contributed by atoms with E-state index in [1.165, 1.54) is 5.56 Å². The first-order valence-corrected chi connectivity index (χ1v) is 9.02. The zero-order valence-electron chi connectivity index (χ0n) is 16.5. The summed E-state index contributed by atoms with van der Waals surface area (Å²) in [6.07, 6.45) is 2.25. The van der Waals surface area contributed by atoms with Gasteiger partial charge in [-0.3, -0.25) is 0 Å². The lowest BCUT2D eigenvalue weighted by atomic mass is 10.2. The molecular formula is C19H30N6O. The number of aryl methyl sites for hydroxylation is 1. The zero-order chi connectivity index (χ0) is 18.9. The van der Waals surface area contributed by atoms with Crippen LogP contribution in [0.3, 0.4) is 0 Å². The van der Waals surface area contributed by atoms with Crippen molar-refractivity contribution in [2.45, 2.75) is 39.8 Å². The van der Waals surface area contributed by atoms with Crippen molar-refractivity contribution >= 4 is 5.96 Å². The summed E-state index contributed by atoms with van der Waals surface area (Å²) in [5, 5.41) is 11.7. The lowest BCUT2D eigenvalue weighted by Gasteiger charge is -2.22. The van der Waals surface area contributed by atoms with Crippen LogP contribution in [0.25, 0.3) is 0 Å². The highest BCUT2D eigenvalue weighted by Gasteiger charge is 2.09. The second-order valence-corrected chi connectivity index (χ2v) is 6.35. The molecule has 7 heteroatoms. The first kappa shape index (κ1) is 19.8. The second kappa shape index (κ2) is 9.79. The molecule has 1 heterocycles. The Hall–Kier alpha value is -2.57. The zero-order valence-corrected chi connectivity index (χ0v) is 16.5. The van der Waals surface area contributed by atoms with Crippen LogP contribution in [0.5, 0.6) is 5.75 Å². The largest absolute Gasteiger partial charge is 0.497 e. The van der Waals surface area contributed by atoms with Crippen LogP contribution >= 0.6 is 0 Å². The van der Waals surface area contributed by atoms with E-state index in [9.17, 15) is 0 Å². The summed E-state index contributed by atoms with van der Waals surface area (Å²) in [5.74, 6) is 3.48. The van der Waals surface area contributed by atoms with E-state index in [1.54, 1.807) is 7.11 Å². The number of aliphatic imine (C=N–C) groups is 1. The van der Waals surface area contributed by atoms with Gasteiger partial charge in [-0.15, -0.1) is 10.2 Å². The second-order valence-electron chi connectivity index (χ2n) is 6.35. The number of ether oxygens (including phenoxy) is 1. The monoisotopic (exact) mass is 358 g/mol. The fourth-order valence-corrected chi connectivity index (χ4v) is 2.50. The number of hydrogen-bond donors (Lipinski definition) is 1. The Labute approximate surface area is 156 Å². The molecule has 0 saturated heterocycles. The molecule has 2 rings (SSSR count). The van der Waals surface area contributed by atoms with Crippen LogP contribution in [0, 0.1) is 6.92 Å². The average Bonchev–Trinajstić information content (AvgIpc) is 2.97. The van der Waals surface area contributed by atoms with Crippen molar-refractivity contribution in [1.29, 1.82) is 0 Å². The molecule has 26 heavy (non-hydrogen) atoms. The molecular weight excluding hydrogens is 328 g/mol. The van der Waals surface area contributed by atoms with Crippen molar-refractivity contribution in [2.75, 3.05) is 20.7 Å². The summed E-state index contributed by atoms with van der Waals surface area (Å²) in [6.45, 7) is 6.29. The first-order valence-electron chi connectivity index (χ1n) is 9.02. The molecule has 142 valence electrons. The minimum absolute atomic E-state index is 0.499. The van der Waals surface area contributed by atoms with Crippen molar-refractivity contribution in [3.05, 3.63) is 41.5 Å². The van der Waals surface area contributed by atoms with Crippen molar-refractivity contribution in [3.63, 3.8) is 0 Å². The van der Waals surface area contributed by atoms with Gasteiger partial charge in [0.1, 0.15) is 18.1 Å². The Morgan fingerprint density at radius 3 is 2.58 bits per heavy atom. The minimum atomic E-state index is 0.499. The third-order valence-corrected chi connectivity index (χ3v) is 4.31. The third-order valence-electron chi connectivity index (χ3n) is 4.31. The Bertz CT molecular complexity index is 707. The van der Waals surface area contributed by atoms with Crippen LogP contribution < -0.4 is 10.1 Å². The molecule has 0 spiro atoms. The first-order chi connectivity index (χ1) is 12.5. The van der Waals surface area contributed by atoms with Gasteiger partial charge >= 0.3 is 0 Å². The molecule has 0 saturated carbocycles. The molecule has 2 aromatic rings. The predicted molar refractivity (Wildman–Crippen MR) is 104 cm³/mol. The summed E-state index contributed by atoms with van der Waals surface area (Å²) in [5.41, 5.74) is 1.20. The van der Waals surface area contributed by atoms with Gasteiger partial charge in [-0.05, 0) is 31.0 Å². The maximum atomic E-state index is 5.22. The number of unbranched alkanes of at least 4 members (excludes halogenated alkanes) is 1. The van der Waals surface area contributed by atoms with Gasteiger partial charge in [0.05, 0.1) is 7.11 Å². The Morgan fingerprint density at radius 1 is 1.27 bits per heavy atom. The van der Waals surface area contributed by atoms with E-state index in [-0.39, 0.29) is 0 Å². The molecule has 1 N–H and O–H groups in total.